The van der Waals surface area contributed by atoms with Crippen molar-refractivity contribution in [1.29, 1.82) is 0 Å². The van der Waals surface area contributed by atoms with Gasteiger partial charge in [0.15, 0.2) is 0 Å². The third-order valence-electron chi connectivity index (χ3n) is 2.83. The Morgan fingerprint density at radius 3 is 2.29 bits per heavy atom. The van der Waals surface area contributed by atoms with Gasteiger partial charge in [-0.25, -0.2) is 0 Å². The fourth-order valence-corrected chi connectivity index (χ4v) is 1.52. The van der Waals surface area contributed by atoms with E-state index in [2.05, 4.69) is 5.32 Å². The second-order valence-corrected chi connectivity index (χ2v) is 4.45. The van der Waals surface area contributed by atoms with E-state index in [1.54, 1.807) is 24.3 Å². The second-order valence-electron chi connectivity index (χ2n) is 4.45. The number of nitrogens with two attached hydrogens (primary N) is 2. The molecule has 0 aliphatic heterocycles. The molecule has 5 N–H and O–H groups in total. The number of nitrogens with one attached hydrogen (secondary N) is 1. The van der Waals surface area contributed by atoms with Crippen LogP contribution in [0.2, 0.25) is 0 Å². The van der Waals surface area contributed by atoms with Crippen molar-refractivity contribution in [1.82, 2.24) is 0 Å². The lowest BCUT2D eigenvalue weighted by Crippen LogP contribution is -2.37. The van der Waals surface area contributed by atoms with Gasteiger partial charge >= 0.3 is 0 Å². The number of anilines is 1. The summed E-state index contributed by atoms with van der Waals surface area (Å²) in [5.41, 5.74) is 11.7. The van der Waals surface area contributed by atoms with Crippen LogP contribution < -0.4 is 16.8 Å². The number of carbonyl (C=O) groups is 2. The normalized spacial score (nSPS) is 16.3. The number of hydrogen-bond acceptors (Lipinski definition) is 3. The standard InChI is InChI=1S/C12H15N3O2/c13-10(16)7-8-1-3-9(4-2-8)15-11(17)12(14)5-6-12/h1-4H,5-7,14H2,(H2,13,16)(H,15,17). The topological polar surface area (TPSA) is 98.2 Å². The van der Waals surface area contributed by atoms with Crippen molar-refractivity contribution in [3.8, 4) is 0 Å². The quantitative estimate of drug-likeness (QED) is 0.690. The summed E-state index contributed by atoms with van der Waals surface area (Å²) in [6, 6.07) is 7.00. The predicted molar refractivity (Wildman–Crippen MR) is 64.1 cm³/mol. The molecule has 1 aliphatic carbocycles. The Labute approximate surface area is 99.2 Å². The average Bonchev–Trinajstić information content (AvgIpc) is 3.00. The van der Waals surface area contributed by atoms with Crippen LogP contribution in [-0.2, 0) is 16.0 Å². The molecule has 0 bridgehead atoms. The van der Waals surface area contributed by atoms with Crippen molar-refractivity contribution >= 4 is 17.5 Å². The molecule has 0 heterocycles. The Hall–Kier alpha value is -1.88. The molecule has 17 heavy (non-hydrogen) atoms. The number of primary amides is 1. The first-order chi connectivity index (χ1) is 7.99. The van der Waals surface area contributed by atoms with E-state index in [1.165, 1.54) is 0 Å². The highest BCUT2D eigenvalue weighted by Gasteiger charge is 2.45. The van der Waals surface area contributed by atoms with E-state index in [1.807, 2.05) is 0 Å². The van der Waals surface area contributed by atoms with Gasteiger partial charge in [-0.05, 0) is 30.5 Å². The first kappa shape index (κ1) is 11.6. The van der Waals surface area contributed by atoms with Crippen LogP contribution in [0.15, 0.2) is 24.3 Å². The predicted octanol–water partition coefficient (Wildman–Crippen LogP) is 0.144. The molecule has 0 atom stereocenters. The number of rotatable bonds is 4. The van der Waals surface area contributed by atoms with Crippen LogP contribution in [0.3, 0.4) is 0 Å². The molecule has 1 aliphatic rings. The van der Waals surface area contributed by atoms with E-state index >= 15 is 0 Å². The molecular formula is C12H15N3O2. The molecule has 1 fully saturated rings. The summed E-state index contributed by atoms with van der Waals surface area (Å²) in [6.07, 6.45) is 1.67. The maximum Gasteiger partial charge on any atom is 0.244 e. The lowest BCUT2D eigenvalue weighted by Gasteiger charge is -2.10. The van der Waals surface area contributed by atoms with Gasteiger partial charge in [0.25, 0.3) is 0 Å². The van der Waals surface area contributed by atoms with Crippen LogP contribution in [0, 0.1) is 0 Å². The first-order valence-corrected chi connectivity index (χ1v) is 5.47. The molecule has 0 saturated heterocycles. The van der Waals surface area contributed by atoms with E-state index in [0.717, 1.165) is 18.4 Å². The minimum absolute atomic E-state index is 0.153. The molecule has 2 amide bonds. The highest BCUT2D eigenvalue weighted by Crippen LogP contribution is 2.33. The fraction of sp³-hybridized carbons (Fsp3) is 0.333. The average molecular weight is 233 g/mol. The summed E-state index contributed by atoms with van der Waals surface area (Å²) in [5, 5.41) is 2.74. The van der Waals surface area contributed by atoms with Crippen LogP contribution in [0.25, 0.3) is 0 Å². The van der Waals surface area contributed by atoms with Gasteiger partial charge in [-0.2, -0.15) is 0 Å². The molecule has 2 rings (SSSR count). The lowest BCUT2D eigenvalue weighted by molar-refractivity contribution is -0.118. The maximum atomic E-state index is 11.6. The molecule has 0 spiro atoms. The van der Waals surface area contributed by atoms with Crippen molar-refractivity contribution in [3.63, 3.8) is 0 Å². The molecule has 5 heteroatoms. The molecule has 0 unspecified atom stereocenters. The van der Waals surface area contributed by atoms with Crippen LogP contribution in [0.1, 0.15) is 18.4 Å². The van der Waals surface area contributed by atoms with Gasteiger partial charge in [0.05, 0.1) is 12.0 Å². The monoisotopic (exact) mass is 233 g/mol. The van der Waals surface area contributed by atoms with Gasteiger partial charge in [-0.1, -0.05) is 12.1 Å². The highest BCUT2D eigenvalue weighted by atomic mass is 16.2. The van der Waals surface area contributed by atoms with Crippen LogP contribution >= 0.6 is 0 Å². The zero-order valence-corrected chi connectivity index (χ0v) is 9.40. The molecule has 1 aromatic rings. The van der Waals surface area contributed by atoms with Gasteiger partial charge in [-0.3, -0.25) is 9.59 Å². The molecule has 1 aromatic carbocycles. The molecular weight excluding hydrogens is 218 g/mol. The first-order valence-electron chi connectivity index (χ1n) is 5.47. The Bertz CT molecular complexity index is 449. The summed E-state index contributed by atoms with van der Waals surface area (Å²) in [6.45, 7) is 0. The van der Waals surface area contributed by atoms with Crippen LogP contribution in [-0.4, -0.2) is 17.4 Å². The lowest BCUT2D eigenvalue weighted by atomic mass is 10.1. The van der Waals surface area contributed by atoms with Crippen molar-refractivity contribution in [3.05, 3.63) is 29.8 Å². The Balaban J connectivity index is 1.98. The third-order valence-corrected chi connectivity index (χ3v) is 2.83. The molecule has 90 valence electrons. The van der Waals surface area contributed by atoms with Gasteiger partial charge in [-0.15, -0.1) is 0 Å². The van der Waals surface area contributed by atoms with E-state index in [4.69, 9.17) is 11.5 Å². The summed E-state index contributed by atoms with van der Waals surface area (Å²) < 4.78 is 0. The molecule has 5 nitrogen and oxygen atoms in total. The van der Waals surface area contributed by atoms with Crippen molar-refractivity contribution in [2.75, 3.05) is 5.32 Å². The van der Waals surface area contributed by atoms with E-state index < -0.39 is 5.54 Å². The largest absolute Gasteiger partial charge is 0.369 e. The van der Waals surface area contributed by atoms with E-state index in [0.29, 0.717) is 5.69 Å². The minimum atomic E-state index is -0.675. The number of benzene rings is 1. The third kappa shape index (κ3) is 2.82. The summed E-state index contributed by atoms with van der Waals surface area (Å²) in [7, 11) is 0. The van der Waals surface area contributed by atoms with Gasteiger partial charge in [0.2, 0.25) is 11.8 Å². The molecule has 0 aromatic heterocycles. The van der Waals surface area contributed by atoms with Crippen molar-refractivity contribution in [2.45, 2.75) is 24.8 Å². The number of carbonyl (C=O) groups excluding carboxylic acids is 2. The SMILES string of the molecule is NC(=O)Cc1ccc(NC(=O)C2(N)CC2)cc1. The maximum absolute atomic E-state index is 11.6. The summed E-state index contributed by atoms with van der Waals surface area (Å²) in [4.78, 5) is 22.4. The zero-order valence-electron chi connectivity index (χ0n) is 9.40. The Morgan fingerprint density at radius 2 is 1.82 bits per heavy atom. The summed E-state index contributed by atoms with van der Waals surface area (Å²) >= 11 is 0. The zero-order chi connectivity index (χ0) is 12.5. The van der Waals surface area contributed by atoms with E-state index in [-0.39, 0.29) is 18.2 Å². The highest BCUT2D eigenvalue weighted by molar-refractivity contribution is 6.00. The second kappa shape index (κ2) is 4.18. The number of hydrogen-bond donors (Lipinski definition) is 3. The molecule has 0 radical (unpaired) electrons. The van der Waals surface area contributed by atoms with E-state index in [9.17, 15) is 9.59 Å². The Morgan fingerprint density at radius 1 is 1.24 bits per heavy atom. The Kier molecular flexibility index (Phi) is 2.85. The fourth-order valence-electron chi connectivity index (χ4n) is 1.52. The number of amides is 2. The van der Waals surface area contributed by atoms with Gasteiger partial charge in [0.1, 0.15) is 0 Å². The minimum Gasteiger partial charge on any atom is -0.369 e. The smallest absolute Gasteiger partial charge is 0.244 e. The van der Waals surface area contributed by atoms with Crippen LogP contribution in [0.5, 0.6) is 0 Å². The summed E-state index contributed by atoms with van der Waals surface area (Å²) in [5.74, 6) is -0.527. The van der Waals surface area contributed by atoms with Gasteiger partial charge in [0, 0.05) is 5.69 Å². The van der Waals surface area contributed by atoms with Crippen LogP contribution in [0.4, 0.5) is 5.69 Å². The van der Waals surface area contributed by atoms with Crippen molar-refractivity contribution in [2.24, 2.45) is 11.5 Å². The molecule has 1 saturated carbocycles. The van der Waals surface area contributed by atoms with Gasteiger partial charge < -0.3 is 16.8 Å². The van der Waals surface area contributed by atoms with Crippen molar-refractivity contribution < 1.29 is 9.59 Å².